The number of benzene rings is 2. The SMILES string of the molecule is CNc1nc(N2CCN(Cc3cccc(S(=O)(=O)c4ccc(N)c(F)c4)c3)C(C)(C)C2)ccc1C(N)=NCCC(N)=O. The van der Waals surface area contributed by atoms with Gasteiger partial charge in [0, 0.05) is 45.2 Å². The molecule has 2 heterocycles. The van der Waals surface area contributed by atoms with Crippen LogP contribution in [0.1, 0.15) is 31.4 Å². The number of aromatic nitrogens is 1. The Morgan fingerprint density at radius 2 is 1.83 bits per heavy atom. The zero-order chi connectivity index (χ0) is 30.7. The van der Waals surface area contributed by atoms with Gasteiger partial charge in [-0.15, -0.1) is 0 Å². The number of sulfone groups is 1. The molecule has 3 aromatic rings. The number of aliphatic imine (C=N–C) groups is 1. The molecule has 1 aliphatic rings. The molecule has 0 spiro atoms. The fraction of sp³-hybridized carbons (Fsp3) is 0.345. The number of amidine groups is 1. The van der Waals surface area contributed by atoms with E-state index in [9.17, 15) is 17.6 Å². The predicted molar refractivity (Wildman–Crippen MR) is 163 cm³/mol. The maximum Gasteiger partial charge on any atom is 0.219 e. The van der Waals surface area contributed by atoms with Crippen molar-refractivity contribution in [3.8, 4) is 0 Å². The van der Waals surface area contributed by atoms with Crippen LogP contribution in [0.4, 0.5) is 21.7 Å². The van der Waals surface area contributed by atoms with Crippen molar-refractivity contribution < 1.29 is 17.6 Å². The third-order valence-electron chi connectivity index (χ3n) is 7.30. The molecule has 7 N–H and O–H groups in total. The molecule has 0 aliphatic carbocycles. The van der Waals surface area contributed by atoms with Crippen molar-refractivity contribution in [1.82, 2.24) is 9.88 Å². The number of nitrogens with one attached hydrogen (secondary N) is 1. The summed E-state index contributed by atoms with van der Waals surface area (Å²) in [6.45, 7) is 7.09. The Morgan fingerprint density at radius 3 is 2.50 bits per heavy atom. The molecule has 0 unspecified atom stereocenters. The van der Waals surface area contributed by atoms with Crippen LogP contribution >= 0.6 is 0 Å². The first-order valence-electron chi connectivity index (χ1n) is 13.5. The minimum atomic E-state index is -3.92. The van der Waals surface area contributed by atoms with Crippen LogP contribution in [0.15, 0.2) is 69.4 Å². The highest BCUT2D eigenvalue weighted by atomic mass is 32.2. The summed E-state index contributed by atoms with van der Waals surface area (Å²) in [7, 11) is -2.16. The number of halogens is 1. The number of rotatable bonds is 10. The molecule has 0 radical (unpaired) electrons. The lowest BCUT2D eigenvalue weighted by atomic mass is 9.97. The van der Waals surface area contributed by atoms with Crippen LogP contribution in [0.2, 0.25) is 0 Å². The van der Waals surface area contributed by atoms with Crippen molar-refractivity contribution in [3.63, 3.8) is 0 Å². The van der Waals surface area contributed by atoms with E-state index in [1.54, 1.807) is 19.2 Å². The monoisotopic (exact) mass is 596 g/mol. The fourth-order valence-electron chi connectivity index (χ4n) is 4.92. The van der Waals surface area contributed by atoms with Gasteiger partial charge in [0.05, 0.1) is 27.6 Å². The Kier molecular flexibility index (Phi) is 9.02. The first-order chi connectivity index (χ1) is 19.8. The second-order valence-corrected chi connectivity index (χ2v) is 12.7. The first kappa shape index (κ1) is 30.7. The van der Waals surface area contributed by atoms with E-state index in [1.807, 2.05) is 18.2 Å². The zero-order valence-corrected chi connectivity index (χ0v) is 24.8. The van der Waals surface area contributed by atoms with Crippen LogP contribution < -0.4 is 27.4 Å². The number of carbonyl (C=O) groups excluding carboxylic acids is 1. The van der Waals surface area contributed by atoms with Crippen molar-refractivity contribution in [2.24, 2.45) is 16.5 Å². The lowest BCUT2D eigenvalue weighted by Gasteiger charge is -2.47. The van der Waals surface area contributed by atoms with Gasteiger partial charge < -0.3 is 27.4 Å². The molecule has 1 saturated heterocycles. The van der Waals surface area contributed by atoms with Crippen molar-refractivity contribution in [2.75, 3.05) is 49.2 Å². The fourth-order valence-corrected chi connectivity index (χ4v) is 6.26. The normalized spacial score (nSPS) is 15.9. The van der Waals surface area contributed by atoms with Crippen molar-refractivity contribution >= 4 is 38.9 Å². The lowest BCUT2D eigenvalue weighted by molar-refractivity contribution is -0.117. The second-order valence-electron chi connectivity index (χ2n) is 10.8. The number of carbonyl (C=O) groups is 1. The van der Waals surface area contributed by atoms with Gasteiger partial charge >= 0.3 is 0 Å². The average Bonchev–Trinajstić information content (AvgIpc) is 2.94. The molecule has 4 rings (SSSR count). The number of primary amides is 1. The molecule has 0 bridgehead atoms. The quantitative estimate of drug-likeness (QED) is 0.156. The predicted octanol–water partition coefficient (Wildman–Crippen LogP) is 2.36. The van der Waals surface area contributed by atoms with Gasteiger partial charge in [-0.2, -0.15) is 0 Å². The number of hydrogen-bond acceptors (Lipinski definition) is 9. The molecule has 0 atom stereocenters. The Bertz CT molecular complexity index is 1610. The summed E-state index contributed by atoms with van der Waals surface area (Å²) < 4.78 is 40.4. The van der Waals surface area contributed by atoms with E-state index in [1.165, 1.54) is 18.2 Å². The molecule has 224 valence electrons. The van der Waals surface area contributed by atoms with Gasteiger partial charge in [0.1, 0.15) is 23.3 Å². The molecule has 2 aromatic carbocycles. The third-order valence-corrected chi connectivity index (χ3v) is 9.04. The number of anilines is 3. The van der Waals surface area contributed by atoms with Crippen molar-refractivity contribution in [1.29, 1.82) is 0 Å². The van der Waals surface area contributed by atoms with E-state index in [-0.39, 0.29) is 39.8 Å². The van der Waals surface area contributed by atoms with E-state index >= 15 is 0 Å². The van der Waals surface area contributed by atoms with E-state index in [2.05, 4.69) is 34.0 Å². The van der Waals surface area contributed by atoms with Gasteiger partial charge in [-0.05, 0) is 61.9 Å². The molecule has 0 saturated carbocycles. The van der Waals surface area contributed by atoms with Gasteiger partial charge in [0.2, 0.25) is 15.7 Å². The maximum atomic E-state index is 14.0. The Labute approximate surface area is 245 Å². The highest BCUT2D eigenvalue weighted by molar-refractivity contribution is 7.91. The smallest absolute Gasteiger partial charge is 0.219 e. The van der Waals surface area contributed by atoms with Crippen molar-refractivity contribution in [2.45, 2.75) is 42.1 Å². The molecule has 1 aromatic heterocycles. The average molecular weight is 597 g/mol. The Hall–Kier alpha value is -4.23. The standard InChI is InChI=1S/C29H37FN8O3S/c1-29(2)18-37(26-10-8-22(28(34-3)36-26)27(33)35-12-11-25(32)39)13-14-38(29)17-19-5-4-6-20(15-19)42(40,41)21-7-9-24(31)23(30)16-21/h4-10,15-16H,11-14,17-18,31H2,1-3H3,(H2,32,39)(H2,33,35)(H,34,36). The number of amides is 1. The number of hydrogen-bond donors (Lipinski definition) is 4. The Balaban J connectivity index is 1.48. The molecule has 11 nitrogen and oxygen atoms in total. The molecular weight excluding hydrogens is 559 g/mol. The molecule has 42 heavy (non-hydrogen) atoms. The maximum absolute atomic E-state index is 14.0. The van der Waals surface area contributed by atoms with Gasteiger partial charge in [0.15, 0.2) is 0 Å². The lowest BCUT2D eigenvalue weighted by Crippen LogP contribution is -2.59. The summed E-state index contributed by atoms with van der Waals surface area (Å²) in [4.78, 5) is 24.5. The summed E-state index contributed by atoms with van der Waals surface area (Å²) in [6.07, 6.45) is 0.114. The van der Waals surface area contributed by atoms with E-state index in [0.717, 1.165) is 17.4 Å². The van der Waals surface area contributed by atoms with Crippen LogP contribution in [0.3, 0.4) is 0 Å². The van der Waals surface area contributed by atoms with E-state index < -0.39 is 21.6 Å². The highest BCUT2D eigenvalue weighted by Gasteiger charge is 2.34. The van der Waals surface area contributed by atoms with Gasteiger partial charge in [0.25, 0.3) is 0 Å². The second kappa shape index (κ2) is 12.3. The molecular formula is C29H37FN8O3S. The molecule has 1 amide bonds. The minimum Gasteiger partial charge on any atom is -0.396 e. The largest absolute Gasteiger partial charge is 0.396 e. The van der Waals surface area contributed by atoms with Gasteiger partial charge in [-0.1, -0.05) is 12.1 Å². The molecule has 1 aliphatic heterocycles. The number of nitrogen functional groups attached to an aromatic ring is 1. The minimum absolute atomic E-state index is 0.0990. The van der Waals surface area contributed by atoms with Crippen LogP contribution in [0.25, 0.3) is 0 Å². The molecule has 13 heteroatoms. The van der Waals surface area contributed by atoms with Crippen molar-refractivity contribution in [3.05, 3.63) is 71.5 Å². The summed E-state index contributed by atoms with van der Waals surface area (Å²) >= 11 is 0. The third kappa shape index (κ3) is 6.80. The van der Waals surface area contributed by atoms with Crippen LogP contribution in [-0.4, -0.2) is 68.8 Å². The van der Waals surface area contributed by atoms with E-state index in [4.69, 9.17) is 22.2 Å². The zero-order valence-electron chi connectivity index (χ0n) is 24.0. The summed E-state index contributed by atoms with van der Waals surface area (Å²) in [5.41, 5.74) is 17.9. The van der Waals surface area contributed by atoms with Crippen LogP contribution in [0.5, 0.6) is 0 Å². The van der Waals surface area contributed by atoms with Crippen LogP contribution in [-0.2, 0) is 21.2 Å². The summed E-state index contributed by atoms with van der Waals surface area (Å²) in [5.74, 6) is 0.421. The number of nitrogens with zero attached hydrogens (tertiary/aromatic N) is 4. The van der Waals surface area contributed by atoms with Crippen LogP contribution in [0, 0.1) is 5.82 Å². The summed E-state index contributed by atoms with van der Waals surface area (Å²) in [5, 5.41) is 3.08. The first-order valence-corrected chi connectivity index (χ1v) is 15.0. The van der Waals surface area contributed by atoms with Gasteiger partial charge in [-0.25, -0.2) is 17.8 Å². The number of piperazine rings is 1. The molecule has 1 fully saturated rings. The number of nitrogens with two attached hydrogens (primary N) is 3. The van der Waals surface area contributed by atoms with E-state index in [0.29, 0.717) is 37.6 Å². The summed E-state index contributed by atoms with van der Waals surface area (Å²) in [6, 6.07) is 14.0. The van der Waals surface area contributed by atoms with Gasteiger partial charge in [-0.3, -0.25) is 14.7 Å². The Morgan fingerprint density at radius 1 is 1.10 bits per heavy atom. The number of pyridine rings is 1. The topological polar surface area (TPSA) is 173 Å². The highest BCUT2D eigenvalue weighted by Crippen LogP contribution is 2.29.